The maximum Gasteiger partial charge on any atom is 0.449 e. The van der Waals surface area contributed by atoms with Crippen LogP contribution in [-0.2, 0) is 0 Å². The van der Waals surface area contributed by atoms with Crippen molar-refractivity contribution >= 4 is 5.84 Å². The van der Waals surface area contributed by atoms with Crippen molar-refractivity contribution in [3.05, 3.63) is 66.4 Å². The molecule has 0 spiro atoms. The van der Waals surface area contributed by atoms with E-state index in [2.05, 4.69) is 10.2 Å². The Kier molecular flexibility index (Phi) is 4.53. The average Bonchev–Trinajstić information content (AvgIpc) is 2.62. The minimum Gasteiger partial charge on any atom is -0.438 e. The molecule has 0 saturated carbocycles. The van der Waals surface area contributed by atoms with Gasteiger partial charge in [-0.25, -0.2) is 0 Å². The van der Waals surface area contributed by atoms with Gasteiger partial charge in [-0.3, -0.25) is 15.4 Å². The molecule has 26 heavy (non-hydrogen) atoms. The molecule has 2 N–H and O–H groups in total. The molecule has 6 nitrogen and oxygen atoms in total. The van der Waals surface area contributed by atoms with Crippen molar-refractivity contribution in [1.82, 2.24) is 14.8 Å². The molecule has 0 aliphatic heterocycles. The summed E-state index contributed by atoms with van der Waals surface area (Å²) in [5, 5.41) is 22.3. The molecule has 0 saturated heterocycles. The first kappa shape index (κ1) is 17.3. The van der Waals surface area contributed by atoms with Crippen molar-refractivity contribution in [3.63, 3.8) is 0 Å². The molecule has 0 amide bonds. The third-order valence-corrected chi connectivity index (χ3v) is 3.42. The van der Waals surface area contributed by atoms with Crippen molar-refractivity contribution in [3.8, 4) is 22.8 Å². The Hall–Kier alpha value is -3.49. The summed E-state index contributed by atoms with van der Waals surface area (Å²) in [6, 6.07) is 12.6. The number of halogens is 3. The van der Waals surface area contributed by atoms with Gasteiger partial charge in [0.25, 0.3) is 0 Å². The lowest BCUT2D eigenvalue weighted by Crippen LogP contribution is -2.36. The van der Waals surface area contributed by atoms with E-state index in [0.717, 1.165) is 6.20 Å². The Morgan fingerprint density at radius 1 is 1.00 bits per heavy atom. The van der Waals surface area contributed by atoms with E-state index in [-0.39, 0.29) is 0 Å². The fraction of sp³-hybridized carbons (Fsp3) is 0.0588. The third kappa shape index (κ3) is 3.77. The first-order chi connectivity index (χ1) is 12.3. The van der Waals surface area contributed by atoms with E-state index in [4.69, 9.17) is 15.6 Å². The Morgan fingerprint density at radius 2 is 1.69 bits per heavy atom. The highest BCUT2D eigenvalue weighted by Gasteiger charge is 2.36. The number of hydrogen-bond donors (Lipinski definition) is 2. The zero-order chi connectivity index (χ0) is 18.7. The van der Waals surface area contributed by atoms with Crippen LogP contribution in [0.4, 0.5) is 13.2 Å². The summed E-state index contributed by atoms with van der Waals surface area (Å²) in [6.07, 6.45) is -2.22. The molecular weight excluding hydrogens is 347 g/mol. The monoisotopic (exact) mass is 359 g/mol. The largest absolute Gasteiger partial charge is 0.449 e. The zero-order valence-electron chi connectivity index (χ0n) is 13.2. The van der Waals surface area contributed by atoms with Crippen molar-refractivity contribution in [1.29, 1.82) is 10.8 Å². The summed E-state index contributed by atoms with van der Waals surface area (Å²) in [6.45, 7) is 0. The van der Waals surface area contributed by atoms with Crippen LogP contribution in [0.5, 0.6) is 11.6 Å². The standard InChI is InChI=1S/C17H12F3N5O/c18-17(19,20)16(22)25-10-12(5-8-14(25)21)11-3-6-13(7-4-11)26-15-2-1-9-23-24-15/h1-10,21-22H. The van der Waals surface area contributed by atoms with Gasteiger partial charge in [0.05, 0.1) is 0 Å². The second kappa shape index (κ2) is 6.79. The number of alkyl halides is 3. The molecule has 3 rings (SSSR count). The molecule has 132 valence electrons. The lowest BCUT2D eigenvalue weighted by molar-refractivity contribution is -0.0626. The van der Waals surface area contributed by atoms with Crippen molar-refractivity contribution < 1.29 is 17.9 Å². The summed E-state index contributed by atoms with van der Waals surface area (Å²) in [4.78, 5) is 0. The molecule has 0 atom stereocenters. The van der Waals surface area contributed by atoms with Gasteiger partial charge in [0.1, 0.15) is 11.2 Å². The lowest BCUT2D eigenvalue weighted by Gasteiger charge is -2.13. The second-order valence-electron chi connectivity index (χ2n) is 5.21. The quantitative estimate of drug-likeness (QED) is 0.553. The van der Waals surface area contributed by atoms with Crippen LogP contribution in [-0.4, -0.2) is 26.8 Å². The first-order valence-electron chi connectivity index (χ1n) is 7.34. The summed E-state index contributed by atoms with van der Waals surface area (Å²) >= 11 is 0. The maximum atomic E-state index is 12.8. The number of ether oxygens (including phenoxy) is 1. The highest BCUT2D eigenvalue weighted by Crippen LogP contribution is 2.25. The Morgan fingerprint density at radius 3 is 2.31 bits per heavy atom. The number of benzene rings is 1. The van der Waals surface area contributed by atoms with Crippen molar-refractivity contribution in [2.24, 2.45) is 0 Å². The number of pyridine rings is 1. The number of rotatable bonds is 3. The highest BCUT2D eigenvalue weighted by molar-refractivity contribution is 5.87. The minimum atomic E-state index is -4.84. The van der Waals surface area contributed by atoms with Gasteiger partial charge in [0, 0.05) is 18.5 Å². The highest BCUT2D eigenvalue weighted by atomic mass is 19.4. The summed E-state index contributed by atoms with van der Waals surface area (Å²) in [7, 11) is 0. The molecule has 9 heteroatoms. The third-order valence-electron chi connectivity index (χ3n) is 3.42. The van der Waals surface area contributed by atoms with Crippen LogP contribution in [0, 0.1) is 10.8 Å². The first-order valence-corrected chi connectivity index (χ1v) is 7.34. The van der Waals surface area contributed by atoms with Gasteiger partial charge in [-0.1, -0.05) is 12.1 Å². The SMILES string of the molecule is N=C(n1cc(-c2ccc(Oc3cccnn3)cc2)ccc1=N)C(F)(F)F. The fourth-order valence-electron chi connectivity index (χ4n) is 2.17. The van der Waals surface area contributed by atoms with Crippen LogP contribution in [0.1, 0.15) is 0 Å². The Labute approximate surface area is 145 Å². The Bertz CT molecular complexity index is 982. The fourth-order valence-corrected chi connectivity index (χ4v) is 2.17. The van der Waals surface area contributed by atoms with E-state index < -0.39 is 17.5 Å². The Balaban J connectivity index is 1.88. The predicted octanol–water partition coefficient (Wildman–Crippen LogP) is 3.60. The van der Waals surface area contributed by atoms with Gasteiger partial charge in [0.2, 0.25) is 11.7 Å². The molecule has 0 bridgehead atoms. The van der Waals surface area contributed by atoms with Crippen LogP contribution >= 0.6 is 0 Å². The van der Waals surface area contributed by atoms with E-state index in [1.807, 2.05) is 0 Å². The van der Waals surface area contributed by atoms with Gasteiger partial charge in [-0.05, 0) is 41.5 Å². The number of nitrogens with zero attached hydrogens (tertiary/aromatic N) is 3. The number of hydrogen-bond acceptors (Lipinski definition) is 5. The maximum absolute atomic E-state index is 12.8. The molecule has 0 radical (unpaired) electrons. The van der Waals surface area contributed by atoms with Gasteiger partial charge < -0.3 is 4.74 Å². The zero-order valence-corrected chi connectivity index (χ0v) is 13.2. The summed E-state index contributed by atoms with van der Waals surface area (Å²) in [5.41, 5.74) is 0.611. The molecular formula is C17H12F3N5O. The van der Waals surface area contributed by atoms with Crippen LogP contribution in [0.25, 0.3) is 11.1 Å². The van der Waals surface area contributed by atoms with Crippen LogP contribution in [0.2, 0.25) is 0 Å². The predicted molar refractivity (Wildman–Crippen MR) is 87.0 cm³/mol. The lowest BCUT2D eigenvalue weighted by atomic mass is 10.1. The van der Waals surface area contributed by atoms with E-state index in [9.17, 15) is 13.2 Å². The number of nitrogens with one attached hydrogen (secondary N) is 2. The van der Waals surface area contributed by atoms with Crippen LogP contribution in [0.15, 0.2) is 60.9 Å². The topological polar surface area (TPSA) is 87.6 Å². The molecule has 0 fully saturated rings. The molecule has 2 aromatic heterocycles. The molecule has 3 aromatic rings. The average molecular weight is 359 g/mol. The van der Waals surface area contributed by atoms with E-state index in [1.165, 1.54) is 18.3 Å². The van der Waals surface area contributed by atoms with E-state index in [0.29, 0.717) is 27.3 Å². The number of aromatic nitrogens is 3. The molecule has 0 unspecified atom stereocenters. The molecule has 1 aromatic carbocycles. The van der Waals surface area contributed by atoms with E-state index >= 15 is 0 Å². The summed E-state index contributed by atoms with van der Waals surface area (Å²) in [5.74, 6) is -0.815. The van der Waals surface area contributed by atoms with Gasteiger partial charge in [-0.15, -0.1) is 5.10 Å². The van der Waals surface area contributed by atoms with Crippen LogP contribution in [0.3, 0.4) is 0 Å². The van der Waals surface area contributed by atoms with E-state index in [1.54, 1.807) is 36.4 Å². The minimum absolute atomic E-state index is 0.315. The molecule has 0 aliphatic rings. The normalized spacial score (nSPS) is 11.2. The smallest absolute Gasteiger partial charge is 0.438 e. The van der Waals surface area contributed by atoms with Crippen LogP contribution < -0.4 is 10.2 Å². The van der Waals surface area contributed by atoms with Gasteiger partial charge in [-0.2, -0.15) is 18.3 Å². The second-order valence-corrected chi connectivity index (χ2v) is 5.21. The molecule has 0 aliphatic carbocycles. The van der Waals surface area contributed by atoms with Gasteiger partial charge >= 0.3 is 6.18 Å². The van der Waals surface area contributed by atoms with Crippen molar-refractivity contribution in [2.75, 3.05) is 0 Å². The van der Waals surface area contributed by atoms with Crippen molar-refractivity contribution in [2.45, 2.75) is 6.18 Å². The van der Waals surface area contributed by atoms with Gasteiger partial charge in [0.15, 0.2) is 0 Å². The molecule has 2 heterocycles. The summed E-state index contributed by atoms with van der Waals surface area (Å²) < 4.78 is 44.2.